The minimum atomic E-state index is 0.311. The second-order valence-electron chi connectivity index (χ2n) is 5.05. The molecule has 0 aromatic heterocycles. The molecular formula is C17H18ClNO3. The van der Waals surface area contributed by atoms with E-state index in [4.69, 9.17) is 25.8 Å². The number of hydrogen-bond donors (Lipinski definition) is 1. The summed E-state index contributed by atoms with van der Waals surface area (Å²) in [6.45, 7) is 1.87. The zero-order valence-corrected chi connectivity index (χ0v) is 13.2. The van der Waals surface area contributed by atoms with Crippen LogP contribution in [0.4, 0.5) is 0 Å². The first-order valence-electron chi connectivity index (χ1n) is 7.18. The smallest absolute Gasteiger partial charge is 0.231 e. The van der Waals surface area contributed by atoms with Gasteiger partial charge in [0.2, 0.25) is 6.79 Å². The summed E-state index contributed by atoms with van der Waals surface area (Å²) in [5.74, 6) is 2.35. The Morgan fingerprint density at radius 1 is 1.18 bits per heavy atom. The summed E-state index contributed by atoms with van der Waals surface area (Å²) in [7, 11) is 1.62. The van der Waals surface area contributed by atoms with E-state index < -0.39 is 0 Å². The molecule has 1 heterocycles. The van der Waals surface area contributed by atoms with Gasteiger partial charge in [-0.2, -0.15) is 0 Å². The van der Waals surface area contributed by atoms with Crippen molar-refractivity contribution in [1.82, 2.24) is 5.32 Å². The zero-order valence-electron chi connectivity index (χ0n) is 12.4. The van der Waals surface area contributed by atoms with Gasteiger partial charge in [-0.1, -0.05) is 29.8 Å². The van der Waals surface area contributed by atoms with Crippen molar-refractivity contribution in [3.05, 3.63) is 52.5 Å². The Balaban J connectivity index is 1.52. The van der Waals surface area contributed by atoms with Crippen LogP contribution in [0.3, 0.4) is 0 Å². The third-order valence-electron chi connectivity index (χ3n) is 3.61. The third kappa shape index (κ3) is 3.29. The van der Waals surface area contributed by atoms with Crippen molar-refractivity contribution >= 4 is 11.6 Å². The van der Waals surface area contributed by atoms with Crippen LogP contribution in [0.25, 0.3) is 0 Å². The summed E-state index contributed by atoms with van der Waals surface area (Å²) in [6, 6.07) is 11.9. The number of halogens is 1. The summed E-state index contributed by atoms with van der Waals surface area (Å²) >= 11 is 6.27. The SMILES string of the molecule is COc1cccc(CNCCc2ccc3c(c2)OCO3)c1Cl. The van der Waals surface area contributed by atoms with Gasteiger partial charge in [-0.15, -0.1) is 0 Å². The van der Waals surface area contributed by atoms with Gasteiger partial charge in [0.25, 0.3) is 0 Å². The number of fused-ring (bicyclic) bond motifs is 1. The maximum absolute atomic E-state index is 6.27. The molecule has 22 heavy (non-hydrogen) atoms. The molecule has 1 aliphatic heterocycles. The third-order valence-corrected chi connectivity index (χ3v) is 4.04. The van der Waals surface area contributed by atoms with Crippen molar-refractivity contribution in [2.24, 2.45) is 0 Å². The second-order valence-corrected chi connectivity index (χ2v) is 5.43. The summed E-state index contributed by atoms with van der Waals surface area (Å²) < 4.78 is 15.9. The van der Waals surface area contributed by atoms with Crippen LogP contribution in [0.2, 0.25) is 5.02 Å². The van der Waals surface area contributed by atoms with Crippen LogP contribution in [0, 0.1) is 0 Å². The number of benzene rings is 2. The molecule has 0 saturated heterocycles. The van der Waals surface area contributed by atoms with Crippen LogP contribution >= 0.6 is 11.6 Å². The zero-order chi connectivity index (χ0) is 15.4. The van der Waals surface area contributed by atoms with E-state index in [0.717, 1.165) is 30.0 Å². The van der Waals surface area contributed by atoms with Gasteiger partial charge in [0.15, 0.2) is 11.5 Å². The molecule has 5 heteroatoms. The lowest BCUT2D eigenvalue weighted by Gasteiger charge is -2.10. The fourth-order valence-electron chi connectivity index (χ4n) is 2.40. The molecule has 0 bridgehead atoms. The Kier molecular flexibility index (Phi) is 4.71. The molecule has 0 unspecified atom stereocenters. The number of nitrogens with one attached hydrogen (secondary N) is 1. The topological polar surface area (TPSA) is 39.7 Å². The highest BCUT2D eigenvalue weighted by Gasteiger charge is 2.13. The molecular weight excluding hydrogens is 302 g/mol. The first kappa shape index (κ1) is 15.0. The molecule has 4 nitrogen and oxygen atoms in total. The van der Waals surface area contributed by atoms with Crippen molar-refractivity contribution in [1.29, 1.82) is 0 Å². The van der Waals surface area contributed by atoms with Crippen molar-refractivity contribution in [3.8, 4) is 17.2 Å². The fraction of sp³-hybridized carbons (Fsp3) is 0.294. The van der Waals surface area contributed by atoms with Crippen LogP contribution in [-0.2, 0) is 13.0 Å². The molecule has 1 aliphatic rings. The average molecular weight is 320 g/mol. The summed E-state index contributed by atoms with van der Waals surface area (Å²) in [5, 5.41) is 4.07. The molecule has 3 rings (SSSR count). The predicted octanol–water partition coefficient (Wildman–Crippen LogP) is 3.41. The monoisotopic (exact) mass is 319 g/mol. The maximum Gasteiger partial charge on any atom is 0.231 e. The Morgan fingerprint density at radius 3 is 2.91 bits per heavy atom. The second kappa shape index (κ2) is 6.90. The maximum atomic E-state index is 6.27. The minimum absolute atomic E-state index is 0.311. The van der Waals surface area contributed by atoms with Crippen LogP contribution in [0.1, 0.15) is 11.1 Å². The molecule has 0 spiro atoms. The Morgan fingerprint density at radius 2 is 2.05 bits per heavy atom. The van der Waals surface area contributed by atoms with Crippen LogP contribution in [0.5, 0.6) is 17.2 Å². The van der Waals surface area contributed by atoms with E-state index in [1.54, 1.807) is 7.11 Å². The quantitative estimate of drug-likeness (QED) is 0.828. The molecule has 0 saturated carbocycles. The lowest BCUT2D eigenvalue weighted by atomic mass is 10.1. The number of ether oxygens (including phenoxy) is 3. The predicted molar refractivity (Wildman–Crippen MR) is 86.0 cm³/mol. The minimum Gasteiger partial charge on any atom is -0.495 e. The van der Waals surface area contributed by atoms with Crippen LogP contribution in [-0.4, -0.2) is 20.4 Å². The average Bonchev–Trinajstić information content (AvgIpc) is 3.00. The standard InChI is InChI=1S/C17H18ClNO3/c1-20-15-4-2-3-13(17(15)18)10-19-8-7-12-5-6-14-16(9-12)22-11-21-14/h2-6,9,19H,7-8,10-11H2,1H3. The molecule has 0 aliphatic carbocycles. The van der Waals surface area contributed by atoms with E-state index in [1.807, 2.05) is 30.3 Å². The van der Waals surface area contributed by atoms with Gasteiger partial charge in [0.05, 0.1) is 12.1 Å². The fourth-order valence-corrected chi connectivity index (χ4v) is 2.67. The van der Waals surface area contributed by atoms with E-state index >= 15 is 0 Å². The van der Waals surface area contributed by atoms with Crippen molar-refractivity contribution < 1.29 is 14.2 Å². The van der Waals surface area contributed by atoms with Crippen molar-refractivity contribution in [2.45, 2.75) is 13.0 Å². The summed E-state index contributed by atoms with van der Waals surface area (Å²) in [5.41, 5.74) is 2.25. The lowest BCUT2D eigenvalue weighted by Crippen LogP contribution is -2.17. The van der Waals surface area contributed by atoms with Gasteiger partial charge in [-0.05, 0) is 42.3 Å². The molecule has 2 aromatic carbocycles. The Labute approximate surface area is 135 Å². The largest absolute Gasteiger partial charge is 0.495 e. The Hall–Kier alpha value is -1.91. The van der Waals surface area contributed by atoms with E-state index in [1.165, 1.54) is 5.56 Å². The highest BCUT2D eigenvalue weighted by atomic mass is 35.5. The van der Waals surface area contributed by atoms with Gasteiger partial charge in [0, 0.05) is 6.54 Å². The highest BCUT2D eigenvalue weighted by molar-refractivity contribution is 6.32. The molecule has 0 radical (unpaired) electrons. The van der Waals surface area contributed by atoms with Crippen LogP contribution < -0.4 is 19.5 Å². The van der Waals surface area contributed by atoms with Crippen molar-refractivity contribution in [3.63, 3.8) is 0 Å². The molecule has 116 valence electrons. The van der Waals surface area contributed by atoms with E-state index in [9.17, 15) is 0 Å². The molecule has 2 aromatic rings. The summed E-state index contributed by atoms with van der Waals surface area (Å²) in [4.78, 5) is 0. The molecule has 0 amide bonds. The van der Waals surface area contributed by atoms with Gasteiger partial charge in [-0.3, -0.25) is 0 Å². The number of methoxy groups -OCH3 is 1. The van der Waals surface area contributed by atoms with Gasteiger partial charge < -0.3 is 19.5 Å². The van der Waals surface area contributed by atoms with Gasteiger partial charge in [0.1, 0.15) is 5.75 Å². The van der Waals surface area contributed by atoms with Crippen LogP contribution in [0.15, 0.2) is 36.4 Å². The van der Waals surface area contributed by atoms with Gasteiger partial charge >= 0.3 is 0 Å². The summed E-state index contributed by atoms with van der Waals surface area (Å²) in [6.07, 6.45) is 0.915. The first-order chi connectivity index (χ1) is 10.8. The molecule has 1 N–H and O–H groups in total. The number of hydrogen-bond acceptors (Lipinski definition) is 4. The van der Waals surface area contributed by atoms with E-state index in [2.05, 4.69) is 11.4 Å². The first-order valence-corrected chi connectivity index (χ1v) is 7.56. The number of rotatable bonds is 6. The Bertz CT molecular complexity index is 660. The highest BCUT2D eigenvalue weighted by Crippen LogP contribution is 2.32. The molecule has 0 atom stereocenters. The van der Waals surface area contributed by atoms with E-state index in [-0.39, 0.29) is 0 Å². The van der Waals surface area contributed by atoms with E-state index in [0.29, 0.717) is 24.1 Å². The van der Waals surface area contributed by atoms with Crippen molar-refractivity contribution in [2.75, 3.05) is 20.4 Å². The normalized spacial score (nSPS) is 12.5. The van der Waals surface area contributed by atoms with Gasteiger partial charge in [-0.25, -0.2) is 0 Å². The lowest BCUT2D eigenvalue weighted by molar-refractivity contribution is 0.174. The molecule has 0 fully saturated rings.